The molecule has 5 heteroatoms. The van der Waals surface area contributed by atoms with Crippen LogP contribution in [0.3, 0.4) is 0 Å². The molecule has 0 aliphatic rings. The topological polar surface area (TPSA) is 18.5 Å². The molecule has 0 amide bonds. The minimum absolute atomic E-state index is 0. The number of halogens is 1. The first-order chi connectivity index (χ1) is 7.68. The minimum atomic E-state index is 0. The SMILES string of the molecule is CCOCC[N+](C)(CCCS)CCOCC.[Cl-]. The molecule has 0 aromatic rings. The molecule has 0 saturated carbocycles. The van der Waals surface area contributed by atoms with Gasteiger partial charge in [-0.05, 0) is 19.6 Å². The Hall–Kier alpha value is 0.520. The van der Waals surface area contributed by atoms with Crippen molar-refractivity contribution in [2.24, 2.45) is 0 Å². The van der Waals surface area contributed by atoms with Crippen molar-refractivity contribution < 1.29 is 26.4 Å². The summed E-state index contributed by atoms with van der Waals surface area (Å²) >= 11 is 4.28. The maximum Gasteiger partial charge on any atom is 0.102 e. The van der Waals surface area contributed by atoms with Crippen LogP contribution in [0.25, 0.3) is 0 Å². The second-order valence-electron chi connectivity index (χ2n) is 4.26. The van der Waals surface area contributed by atoms with E-state index < -0.39 is 0 Å². The van der Waals surface area contributed by atoms with Crippen molar-refractivity contribution in [2.75, 3.05) is 58.9 Å². The van der Waals surface area contributed by atoms with Crippen LogP contribution < -0.4 is 12.4 Å². The summed E-state index contributed by atoms with van der Waals surface area (Å²) in [5.74, 6) is 0.955. The molecule has 0 aromatic carbocycles. The highest BCUT2D eigenvalue weighted by molar-refractivity contribution is 7.80. The molecule has 0 aliphatic heterocycles. The van der Waals surface area contributed by atoms with Gasteiger partial charge in [0.2, 0.25) is 0 Å². The molecule has 0 heterocycles. The summed E-state index contributed by atoms with van der Waals surface area (Å²) in [6, 6.07) is 0. The van der Waals surface area contributed by atoms with Crippen molar-refractivity contribution >= 4 is 12.6 Å². The van der Waals surface area contributed by atoms with Crippen LogP contribution in [0, 0.1) is 0 Å². The van der Waals surface area contributed by atoms with Crippen LogP contribution >= 0.6 is 12.6 Å². The van der Waals surface area contributed by atoms with Crippen LogP contribution in [0.2, 0.25) is 0 Å². The van der Waals surface area contributed by atoms with Gasteiger partial charge in [0, 0.05) is 19.6 Å². The summed E-state index contributed by atoms with van der Waals surface area (Å²) in [6.45, 7) is 10.6. The Morgan fingerprint density at radius 3 is 1.76 bits per heavy atom. The van der Waals surface area contributed by atoms with Crippen LogP contribution in [0.15, 0.2) is 0 Å². The fourth-order valence-corrected chi connectivity index (χ4v) is 1.79. The normalized spacial score (nSPS) is 11.3. The first-order valence-corrected chi connectivity index (χ1v) is 6.91. The van der Waals surface area contributed by atoms with E-state index in [-0.39, 0.29) is 12.4 Å². The van der Waals surface area contributed by atoms with E-state index in [9.17, 15) is 0 Å². The van der Waals surface area contributed by atoms with Crippen molar-refractivity contribution in [3.8, 4) is 0 Å². The third-order valence-corrected chi connectivity index (χ3v) is 3.13. The van der Waals surface area contributed by atoms with E-state index in [0.29, 0.717) is 0 Å². The number of thiol groups is 1. The van der Waals surface area contributed by atoms with Crippen LogP contribution in [0.4, 0.5) is 0 Å². The molecule has 0 N–H and O–H groups in total. The van der Waals surface area contributed by atoms with Crippen LogP contribution in [-0.4, -0.2) is 63.3 Å². The Bertz CT molecular complexity index is 151. The zero-order valence-electron chi connectivity index (χ0n) is 11.5. The molecule has 0 bridgehead atoms. The van der Waals surface area contributed by atoms with E-state index in [1.165, 1.54) is 0 Å². The third-order valence-electron chi connectivity index (χ3n) is 2.82. The molecule has 0 aliphatic carbocycles. The van der Waals surface area contributed by atoms with Crippen LogP contribution in [0.5, 0.6) is 0 Å². The molecule has 0 fully saturated rings. The molecule has 106 valence electrons. The van der Waals surface area contributed by atoms with E-state index in [4.69, 9.17) is 9.47 Å². The fourth-order valence-electron chi connectivity index (χ4n) is 1.65. The highest BCUT2D eigenvalue weighted by atomic mass is 35.5. The van der Waals surface area contributed by atoms with Gasteiger partial charge in [-0.1, -0.05) is 0 Å². The number of hydrogen-bond acceptors (Lipinski definition) is 3. The molecular weight excluding hydrogens is 258 g/mol. The third kappa shape index (κ3) is 11.3. The number of nitrogens with zero attached hydrogens (tertiary/aromatic N) is 1. The first-order valence-electron chi connectivity index (χ1n) is 6.28. The predicted octanol–water partition coefficient (Wildman–Crippen LogP) is -1.17. The average molecular weight is 286 g/mol. The standard InChI is InChI=1S/C12H27NO2S.ClH/c1-4-14-10-8-13(3,7-6-12-16)9-11-15-5-2;/h4-12H2,1-3H3;1H. The van der Waals surface area contributed by atoms with E-state index in [0.717, 1.165) is 62.7 Å². The van der Waals surface area contributed by atoms with Crippen molar-refractivity contribution in [1.82, 2.24) is 0 Å². The highest BCUT2D eigenvalue weighted by Crippen LogP contribution is 2.05. The van der Waals surface area contributed by atoms with Gasteiger partial charge in [-0.3, -0.25) is 0 Å². The molecule has 17 heavy (non-hydrogen) atoms. The monoisotopic (exact) mass is 285 g/mol. The molecule has 0 atom stereocenters. The lowest BCUT2D eigenvalue weighted by molar-refractivity contribution is -0.910. The lowest BCUT2D eigenvalue weighted by Crippen LogP contribution is -3.00. The van der Waals surface area contributed by atoms with Crippen LogP contribution in [-0.2, 0) is 9.47 Å². The maximum absolute atomic E-state index is 5.44. The highest BCUT2D eigenvalue weighted by Gasteiger charge is 2.20. The fraction of sp³-hybridized carbons (Fsp3) is 1.00. The van der Waals surface area contributed by atoms with Crippen molar-refractivity contribution in [1.29, 1.82) is 0 Å². The molecule has 0 spiro atoms. The molecule has 0 rings (SSSR count). The zero-order valence-corrected chi connectivity index (χ0v) is 13.1. The van der Waals surface area contributed by atoms with E-state index in [1.54, 1.807) is 0 Å². The number of likely N-dealkylation sites (N-methyl/N-ethyl adjacent to an activating group) is 1. The molecule has 0 saturated heterocycles. The van der Waals surface area contributed by atoms with Gasteiger partial charge in [0.1, 0.15) is 13.1 Å². The summed E-state index contributed by atoms with van der Waals surface area (Å²) < 4.78 is 11.9. The van der Waals surface area contributed by atoms with Gasteiger partial charge >= 0.3 is 0 Å². The largest absolute Gasteiger partial charge is 1.00 e. The molecule has 0 aromatic heterocycles. The average Bonchev–Trinajstić information content (AvgIpc) is 2.27. The lowest BCUT2D eigenvalue weighted by Gasteiger charge is -2.34. The molecule has 3 nitrogen and oxygen atoms in total. The smallest absolute Gasteiger partial charge is 0.102 e. The molecule has 0 unspecified atom stereocenters. The van der Waals surface area contributed by atoms with Gasteiger partial charge in [0.25, 0.3) is 0 Å². The summed E-state index contributed by atoms with van der Waals surface area (Å²) in [5.41, 5.74) is 0. The summed E-state index contributed by atoms with van der Waals surface area (Å²) in [5, 5.41) is 0. The number of hydrogen-bond donors (Lipinski definition) is 1. The molecule has 0 radical (unpaired) electrons. The van der Waals surface area contributed by atoms with Crippen molar-refractivity contribution in [3.05, 3.63) is 0 Å². The second kappa shape index (κ2) is 13.0. The second-order valence-corrected chi connectivity index (χ2v) is 4.71. The Kier molecular flexibility index (Phi) is 15.1. The summed E-state index contributed by atoms with van der Waals surface area (Å²) in [4.78, 5) is 0. The predicted molar refractivity (Wildman–Crippen MR) is 72.2 cm³/mol. The minimum Gasteiger partial charge on any atom is -1.00 e. The first kappa shape index (κ1) is 19.9. The van der Waals surface area contributed by atoms with Crippen LogP contribution in [0.1, 0.15) is 20.3 Å². The Balaban J connectivity index is 0. The van der Waals surface area contributed by atoms with Crippen molar-refractivity contribution in [3.63, 3.8) is 0 Å². The van der Waals surface area contributed by atoms with Gasteiger partial charge in [-0.25, -0.2) is 0 Å². The van der Waals surface area contributed by atoms with Crippen molar-refractivity contribution in [2.45, 2.75) is 20.3 Å². The van der Waals surface area contributed by atoms with Gasteiger partial charge in [-0.15, -0.1) is 0 Å². The quantitative estimate of drug-likeness (QED) is 0.293. The van der Waals surface area contributed by atoms with E-state index in [1.807, 2.05) is 13.8 Å². The Labute approximate surface area is 118 Å². The molecular formula is C12H28ClNO2S. The lowest BCUT2D eigenvalue weighted by atomic mass is 10.3. The summed E-state index contributed by atoms with van der Waals surface area (Å²) in [7, 11) is 2.28. The van der Waals surface area contributed by atoms with Gasteiger partial charge in [0.15, 0.2) is 0 Å². The van der Waals surface area contributed by atoms with E-state index in [2.05, 4.69) is 19.7 Å². The number of ether oxygens (including phenoxy) is 2. The Morgan fingerprint density at radius 1 is 0.941 bits per heavy atom. The zero-order chi connectivity index (χ0) is 12.3. The van der Waals surface area contributed by atoms with E-state index >= 15 is 0 Å². The number of rotatable bonds is 11. The summed E-state index contributed by atoms with van der Waals surface area (Å²) in [6.07, 6.45) is 1.15. The number of quaternary nitrogens is 1. The maximum atomic E-state index is 5.44. The van der Waals surface area contributed by atoms with Gasteiger partial charge in [-0.2, -0.15) is 12.6 Å². The van der Waals surface area contributed by atoms with Gasteiger partial charge < -0.3 is 26.4 Å². The Morgan fingerprint density at radius 2 is 1.41 bits per heavy atom. The van der Waals surface area contributed by atoms with Gasteiger partial charge in [0.05, 0.1) is 26.8 Å².